The largest absolute Gasteiger partial charge is 0.352 e. The van der Waals surface area contributed by atoms with Gasteiger partial charge >= 0.3 is 0 Å². The highest BCUT2D eigenvalue weighted by molar-refractivity contribution is 5.76. The normalized spacial score (nSPS) is 9.82. The van der Waals surface area contributed by atoms with Crippen LogP contribution in [0.1, 0.15) is 29.2 Å². The van der Waals surface area contributed by atoms with Crippen LogP contribution in [0.5, 0.6) is 0 Å². The third-order valence-electron chi connectivity index (χ3n) is 3.29. The Hall–Kier alpha value is -2.86. The smallest absolute Gasteiger partial charge is 0.217 e. The van der Waals surface area contributed by atoms with E-state index in [9.17, 15) is 4.79 Å². The molecule has 110 valence electrons. The van der Waals surface area contributed by atoms with Crippen LogP contribution in [0.15, 0.2) is 49.3 Å². The molecular formula is C19H18N2O. The minimum absolute atomic E-state index is 0.0271. The summed E-state index contributed by atoms with van der Waals surface area (Å²) in [7, 11) is 0. The molecule has 0 unspecified atom stereocenters. The number of benzene rings is 1. The maximum absolute atomic E-state index is 10.9. The quantitative estimate of drug-likeness (QED) is 0.860. The molecule has 1 amide bonds. The number of hydrogen-bond donors (Lipinski definition) is 1. The van der Waals surface area contributed by atoms with Crippen molar-refractivity contribution in [3.63, 3.8) is 0 Å². The Labute approximate surface area is 131 Å². The minimum atomic E-state index is -0.0271. The molecule has 0 saturated carbocycles. The van der Waals surface area contributed by atoms with E-state index >= 15 is 0 Å². The van der Waals surface area contributed by atoms with E-state index < -0.39 is 0 Å². The SMILES string of the molecule is C#CC(=C)c1cncc(Cc2ccc(CNC(C)=O)cc2)c1. The number of amides is 1. The van der Waals surface area contributed by atoms with Gasteiger partial charge in [-0.2, -0.15) is 0 Å². The molecule has 0 aliphatic heterocycles. The lowest BCUT2D eigenvalue weighted by Crippen LogP contribution is -2.18. The Bertz CT molecular complexity index is 724. The zero-order valence-corrected chi connectivity index (χ0v) is 12.6. The van der Waals surface area contributed by atoms with Crippen LogP contribution in [-0.2, 0) is 17.8 Å². The van der Waals surface area contributed by atoms with Crippen LogP contribution in [0.25, 0.3) is 5.57 Å². The van der Waals surface area contributed by atoms with Gasteiger partial charge in [-0.1, -0.05) is 36.8 Å². The first-order valence-electron chi connectivity index (χ1n) is 7.00. The Morgan fingerprint density at radius 1 is 1.23 bits per heavy atom. The van der Waals surface area contributed by atoms with E-state index in [1.165, 1.54) is 12.5 Å². The predicted octanol–water partition coefficient (Wildman–Crippen LogP) is 2.95. The first kappa shape index (κ1) is 15.5. The molecule has 0 atom stereocenters. The zero-order chi connectivity index (χ0) is 15.9. The van der Waals surface area contributed by atoms with Crippen molar-refractivity contribution in [1.82, 2.24) is 10.3 Å². The van der Waals surface area contributed by atoms with Crippen molar-refractivity contribution in [2.75, 3.05) is 0 Å². The van der Waals surface area contributed by atoms with E-state index in [2.05, 4.69) is 34.9 Å². The molecule has 0 aliphatic rings. The lowest BCUT2D eigenvalue weighted by molar-refractivity contribution is -0.119. The van der Waals surface area contributed by atoms with Crippen LogP contribution in [0, 0.1) is 12.3 Å². The fourth-order valence-electron chi connectivity index (χ4n) is 2.07. The van der Waals surface area contributed by atoms with Gasteiger partial charge < -0.3 is 5.32 Å². The molecule has 22 heavy (non-hydrogen) atoms. The number of nitrogens with zero attached hydrogens (tertiary/aromatic N) is 1. The van der Waals surface area contributed by atoms with Crippen molar-refractivity contribution in [1.29, 1.82) is 0 Å². The van der Waals surface area contributed by atoms with Crippen LogP contribution in [0.2, 0.25) is 0 Å². The highest BCUT2D eigenvalue weighted by atomic mass is 16.1. The van der Waals surface area contributed by atoms with Crippen LogP contribution in [0.4, 0.5) is 0 Å². The van der Waals surface area contributed by atoms with Gasteiger partial charge in [-0.25, -0.2) is 0 Å². The van der Waals surface area contributed by atoms with E-state index in [-0.39, 0.29) is 5.91 Å². The Balaban J connectivity index is 2.06. The van der Waals surface area contributed by atoms with E-state index in [4.69, 9.17) is 6.42 Å². The zero-order valence-electron chi connectivity index (χ0n) is 12.6. The van der Waals surface area contributed by atoms with Crippen LogP contribution >= 0.6 is 0 Å². The van der Waals surface area contributed by atoms with Crippen molar-refractivity contribution in [2.24, 2.45) is 0 Å². The first-order chi connectivity index (χ1) is 10.6. The molecule has 1 heterocycles. The standard InChI is InChI=1S/C19H18N2O/c1-4-14(2)19-10-18(11-20-13-19)9-16-5-7-17(8-6-16)12-21-15(3)22/h1,5-8,10-11,13H,2,9,12H2,3H3,(H,21,22). The maximum atomic E-state index is 10.9. The number of allylic oxidation sites excluding steroid dienone is 1. The molecule has 0 bridgehead atoms. The van der Waals surface area contributed by atoms with Gasteiger partial charge in [0.1, 0.15) is 0 Å². The van der Waals surface area contributed by atoms with Crippen molar-refractivity contribution in [2.45, 2.75) is 19.9 Å². The monoisotopic (exact) mass is 290 g/mol. The van der Waals surface area contributed by atoms with Crippen LogP contribution < -0.4 is 5.32 Å². The van der Waals surface area contributed by atoms with Gasteiger partial charge in [0, 0.05) is 37.0 Å². The number of aromatic nitrogens is 1. The molecular weight excluding hydrogens is 272 g/mol. The molecule has 2 aromatic rings. The summed E-state index contributed by atoms with van der Waals surface area (Å²) in [5.74, 6) is 2.51. The number of carbonyl (C=O) groups excluding carboxylic acids is 1. The summed E-state index contributed by atoms with van der Waals surface area (Å²) >= 11 is 0. The molecule has 0 saturated heterocycles. The number of pyridine rings is 1. The minimum Gasteiger partial charge on any atom is -0.352 e. The van der Waals surface area contributed by atoms with Gasteiger partial charge in [0.15, 0.2) is 0 Å². The fraction of sp³-hybridized carbons (Fsp3) is 0.158. The molecule has 3 nitrogen and oxygen atoms in total. The lowest BCUT2D eigenvalue weighted by atomic mass is 10.0. The first-order valence-corrected chi connectivity index (χ1v) is 7.00. The molecule has 0 fully saturated rings. The van der Waals surface area contributed by atoms with Gasteiger partial charge in [-0.3, -0.25) is 9.78 Å². The van der Waals surface area contributed by atoms with Crippen molar-refractivity contribution < 1.29 is 4.79 Å². The molecule has 1 aromatic heterocycles. The Morgan fingerprint density at radius 3 is 2.55 bits per heavy atom. The number of carbonyl (C=O) groups is 1. The number of terminal acetylenes is 1. The predicted molar refractivity (Wildman–Crippen MR) is 88.9 cm³/mol. The van der Waals surface area contributed by atoms with Gasteiger partial charge in [0.05, 0.1) is 0 Å². The molecule has 1 aromatic carbocycles. The van der Waals surface area contributed by atoms with Crippen molar-refractivity contribution in [3.05, 3.63) is 71.6 Å². The third-order valence-corrected chi connectivity index (χ3v) is 3.29. The van der Waals surface area contributed by atoms with Crippen LogP contribution in [-0.4, -0.2) is 10.9 Å². The molecule has 0 radical (unpaired) electrons. The summed E-state index contributed by atoms with van der Waals surface area (Å²) in [6.07, 6.45) is 9.70. The van der Waals surface area contributed by atoms with Gasteiger partial charge in [-0.05, 0) is 29.2 Å². The molecule has 1 N–H and O–H groups in total. The second kappa shape index (κ2) is 7.24. The summed E-state index contributed by atoms with van der Waals surface area (Å²) < 4.78 is 0. The summed E-state index contributed by atoms with van der Waals surface area (Å²) in [6.45, 7) is 5.89. The van der Waals surface area contributed by atoms with Gasteiger partial charge in [0.2, 0.25) is 5.91 Å². The van der Waals surface area contributed by atoms with E-state index in [1.54, 1.807) is 6.20 Å². The Kier molecular flexibility index (Phi) is 5.11. The Morgan fingerprint density at radius 2 is 1.91 bits per heavy atom. The van der Waals surface area contributed by atoms with E-state index in [0.29, 0.717) is 12.1 Å². The average molecular weight is 290 g/mol. The summed E-state index contributed by atoms with van der Waals surface area (Å²) in [5.41, 5.74) is 4.86. The highest BCUT2D eigenvalue weighted by Gasteiger charge is 2.02. The molecule has 2 rings (SSSR count). The second-order valence-electron chi connectivity index (χ2n) is 5.11. The fourth-order valence-corrected chi connectivity index (χ4v) is 2.07. The third kappa shape index (κ3) is 4.32. The molecule has 0 spiro atoms. The van der Waals surface area contributed by atoms with Gasteiger partial charge in [-0.15, -0.1) is 6.42 Å². The van der Waals surface area contributed by atoms with Crippen LogP contribution in [0.3, 0.4) is 0 Å². The average Bonchev–Trinajstić information content (AvgIpc) is 2.53. The van der Waals surface area contributed by atoms with E-state index in [1.807, 2.05) is 24.4 Å². The second-order valence-corrected chi connectivity index (χ2v) is 5.11. The molecule has 0 aliphatic carbocycles. The summed E-state index contributed by atoms with van der Waals surface area (Å²) in [5, 5.41) is 2.78. The molecule has 3 heteroatoms. The number of nitrogens with one attached hydrogen (secondary N) is 1. The van der Waals surface area contributed by atoms with Crippen molar-refractivity contribution in [3.8, 4) is 12.3 Å². The lowest BCUT2D eigenvalue weighted by Gasteiger charge is -2.06. The topological polar surface area (TPSA) is 42.0 Å². The maximum Gasteiger partial charge on any atom is 0.217 e. The number of hydrogen-bond acceptors (Lipinski definition) is 2. The summed E-state index contributed by atoms with van der Waals surface area (Å²) in [6, 6.07) is 10.2. The van der Waals surface area contributed by atoms with Crippen molar-refractivity contribution >= 4 is 11.5 Å². The van der Waals surface area contributed by atoms with E-state index in [0.717, 1.165) is 23.1 Å². The summed E-state index contributed by atoms with van der Waals surface area (Å²) in [4.78, 5) is 15.1. The highest BCUT2D eigenvalue weighted by Crippen LogP contribution is 2.15. The van der Waals surface area contributed by atoms with Gasteiger partial charge in [0.25, 0.3) is 0 Å². The number of rotatable bonds is 5.